The first-order valence-electron chi connectivity index (χ1n) is 7.75. The van der Waals surface area contributed by atoms with Crippen LogP contribution in [0.3, 0.4) is 0 Å². The topological polar surface area (TPSA) is 88.5 Å². The number of carbonyl (C=O) groups is 2. The van der Waals surface area contributed by atoms with Crippen LogP contribution < -0.4 is 10.1 Å². The van der Waals surface area contributed by atoms with Crippen LogP contribution in [-0.4, -0.2) is 28.6 Å². The molecule has 1 heterocycles. The minimum absolute atomic E-state index is 0.163. The van der Waals surface area contributed by atoms with Gasteiger partial charge in [0.05, 0.1) is 18.3 Å². The fraction of sp³-hybridized carbons (Fsp3) is 0.353. The summed E-state index contributed by atoms with van der Waals surface area (Å²) in [7, 11) is 0. The zero-order valence-electron chi connectivity index (χ0n) is 13.9. The molecule has 0 saturated heterocycles. The van der Waals surface area contributed by atoms with Gasteiger partial charge in [-0.2, -0.15) is 0 Å². The largest absolute Gasteiger partial charge is 0.491 e. The van der Waals surface area contributed by atoms with Crippen LogP contribution in [0.15, 0.2) is 24.3 Å². The Balaban J connectivity index is 1.77. The van der Waals surface area contributed by atoms with E-state index in [2.05, 4.69) is 10.3 Å². The van der Waals surface area contributed by atoms with Crippen LogP contribution in [0.2, 0.25) is 0 Å². The van der Waals surface area contributed by atoms with Crippen LogP contribution in [0.1, 0.15) is 46.2 Å². The van der Waals surface area contributed by atoms with Crippen molar-refractivity contribution in [3.05, 3.63) is 45.7 Å². The summed E-state index contributed by atoms with van der Waals surface area (Å²) < 4.78 is 18.7. The molecule has 0 aliphatic carbocycles. The predicted octanol–water partition coefficient (Wildman–Crippen LogP) is 3.33. The summed E-state index contributed by atoms with van der Waals surface area (Å²) in [6.45, 7) is 3.60. The first-order valence-corrected chi connectivity index (χ1v) is 8.57. The molecule has 0 spiro atoms. The summed E-state index contributed by atoms with van der Waals surface area (Å²) in [5.41, 5.74) is 0.437. The van der Waals surface area contributed by atoms with E-state index in [9.17, 15) is 14.0 Å². The third kappa shape index (κ3) is 5.25. The molecule has 134 valence electrons. The number of halogens is 1. The molecule has 0 aliphatic heterocycles. The molecule has 0 fully saturated rings. The van der Waals surface area contributed by atoms with Crippen LogP contribution in [-0.2, 0) is 4.79 Å². The van der Waals surface area contributed by atoms with E-state index in [-0.39, 0.29) is 35.6 Å². The zero-order chi connectivity index (χ0) is 18.4. The number of nitrogens with zero attached hydrogens (tertiary/aromatic N) is 1. The molecule has 1 atom stereocenters. The first-order chi connectivity index (χ1) is 11.9. The number of aromatic carboxylic acids is 1. The van der Waals surface area contributed by atoms with Crippen molar-refractivity contribution in [1.82, 2.24) is 10.3 Å². The number of aryl methyl sites for hydroxylation is 1. The number of rotatable bonds is 8. The molecular weight excluding hydrogens is 347 g/mol. The number of aromatic nitrogens is 1. The van der Waals surface area contributed by atoms with Gasteiger partial charge in [0.25, 0.3) is 0 Å². The van der Waals surface area contributed by atoms with Gasteiger partial charge < -0.3 is 15.2 Å². The minimum atomic E-state index is -1.02. The van der Waals surface area contributed by atoms with Gasteiger partial charge in [0.15, 0.2) is 11.6 Å². The summed E-state index contributed by atoms with van der Waals surface area (Å²) in [6.07, 6.45) is 0.652. The Morgan fingerprint density at radius 1 is 1.40 bits per heavy atom. The lowest BCUT2D eigenvalue weighted by Crippen LogP contribution is -2.26. The maximum Gasteiger partial charge on any atom is 0.347 e. The lowest BCUT2D eigenvalue weighted by Gasteiger charge is -2.11. The highest BCUT2D eigenvalue weighted by Crippen LogP contribution is 2.23. The van der Waals surface area contributed by atoms with E-state index >= 15 is 0 Å². The number of thiazole rings is 1. The summed E-state index contributed by atoms with van der Waals surface area (Å²) in [5.74, 6) is -1.50. The number of amides is 1. The molecule has 1 amide bonds. The highest BCUT2D eigenvalue weighted by molar-refractivity contribution is 7.13. The molecule has 8 heteroatoms. The van der Waals surface area contributed by atoms with Crippen LogP contribution in [0.4, 0.5) is 4.39 Å². The highest BCUT2D eigenvalue weighted by atomic mass is 32.1. The van der Waals surface area contributed by atoms with Gasteiger partial charge in [-0.05, 0) is 32.4 Å². The fourth-order valence-electron chi connectivity index (χ4n) is 2.15. The quantitative estimate of drug-likeness (QED) is 0.700. The average molecular weight is 366 g/mol. The number of benzene rings is 1. The van der Waals surface area contributed by atoms with Gasteiger partial charge in [-0.1, -0.05) is 12.1 Å². The van der Waals surface area contributed by atoms with E-state index in [1.54, 1.807) is 26.0 Å². The summed E-state index contributed by atoms with van der Waals surface area (Å²) >= 11 is 1.05. The average Bonchev–Trinajstić information content (AvgIpc) is 2.95. The highest BCUT2D eigenvalue weighted by Gasteiger charge is 2.19. The van der Waals surface area contributed by atoms with Crippen LogP contribution in [0.5, 0.6) is 5.75 Å². The molecule has 1 aromatic heterocycles. The third-order valence-electron chi connectivity index (χ3n) is 3.40. The van der Waals surface area contributed by atoms with Crippen molar-refractivity contribution >= 4 is 23.2 Å². The Morgan fingerprint density at radius 2 is 2.12 bits per heavy atom. The SMILES string of the molecule is Cc1nc(C(C)NC(=O)CCCOc2ccccc2F)sc1C(=O)O. The molecule has 2 rings (SSSR count). The number of nitrogens with one attached hydrogen (secondary N) is 1. The Labute approximate surface area is 148 Å². The number of carboxylic acids is 1. The van der Waals surface area contributed by atoms with E-state index in [0.717, 1.165) is 11.3 Å². The lowest BCUT2D eigenvalue weighted by molar-refractivity contribution is -0.121. The summed E-state index contributed by atoms with van der Waals surface area (Å²) in [6, 6.07) is 5.71. The van der Waals surface area contributed by atoms with Crippen molar-refractivity contribution < 1.29 is 23.8 Å². The van der Waals surface area contributed by atoms with Crippen LogP contribution in [0, 0.1) is 12.7 Å². The van der Waals surface area contributed by atoms with E-state index < -0.39 is 11.8 Å². The number of carboxylic acid groups (broad SMARTS) is 1. The first kappa shape index (κ1) is 18.9. The Bertz CT molecular complexity index is 763. The Morgan fingerprint density at radius 3 is 2.76 bits per heavy atom. The van der Waals surface area contributed by atoms with Crippen molar-refractivity contribution in [2.75, 3.05) is 6.61 Å². The molecule has 2 N–H and O–H groups in total. The molecule has 0 saturated carbocycles. The molecule has 25 heavy (non-hydrogen) atoms. The van der Waals surface area contributed by atoms with Gasteiger partial charge >= 0.3 is 5.97 Å². The Hall–Kier alpha value is -2.48. The minimum Gasteiger partial charge on any atom is -0.491 e. The maximum absolute atomic E-state index is 13.4. The van der Waals surface area contributed by atoms with Crippen molar-refractivity contribution in [2.45, 2.75) is 32.7 Å². The monoisotopic (exact) mass is 366 g/mol. The number of carbonyl (C=O) groups excluding carboxylic acids is 1. The van der Waals surface area contributed by atoms with Crippen LogP contribution >= 0.6 is 11.3 Å². The molecule has 1 aromatic carbocycles. The molecule has 0 bridgehead atoms. The van der Waals surface area contributed by atoms with Gasteiger partial charge in [-0.3, -0.25) is 4.79 Å². The maximum atomic E-state index is 13.4. The third-order valence-corrected chi connectivity index (χ3v) is 4.73. The van der Waals surface area contributed by atoms with Crippen molar-refractivity contribution in [3.63, 3.8) is 0 Å². The molecular formula is C17H19FN2O4S. The second-order valence-electron chi connectivity index (χ2n) is 5.44. The molecule has 2 aromatic rings. The van der Waals surface area contributed by atoms with E-state index in [1.807, 2.05) is 0 Å². The van der Waals surface area contributed by atoms with Gasteiger partial charge in [-0.15, -0.1) is 11.3 Å². The summed E-state index contributed by atoms with van der Waals surface area (Å²) in [5, 5.41) is 12.4. The molecule has 6 nitrogen and oxygen atoms in total. The smallest absolute Gasteiger partial charge is 0.347 e. The van der Waals surface area contributed by atoms with Crippen LogP contribution in [0.25, 0.3) is 0 Å². The second kappa shape index (κ2) is 8.57. The second-order valence-corrected chi connectivity index (χ2v) is 6.47. The number of hydrogen-bond donors (Lipinski definition) is 2. The predicted molar refractivity (Wildman–Crippen MR) is 91.5 cm³/mol. The number of hydrogen-bond acceptors (Lipinski definition) is 5. The lowest BCUT2D eigenvalue weighted by atomic mass is 10.2. The van der Waals surface area contributed by atoms with Gasteiger partial charge in [0.2, 0.25) is 5.91 Å². The Kier molecular flexibility index (Phi) is 6.46. The van der Waals surface area contributed by atoms with E-state index in [4.69, 9.17) is 9.84 Å². The van der Waals surface area contributed by atoms with E-state index in [1.165, 1.54) is 12.1 Å². The zero-order valence-corrected chi connectivity index (χ0v) is 14.7. The van der Waals surface area contributed by atoms with Gasteiger partial charge in [0.1, 0.15) is 9.88 Å². The molecule has 0 aliphatic rings. The van der Waals surface area contributed by atoms with Crippen molar-refractivity contribution in [3.8, 4) is 5.75 Å². The van der Waals surface area contributed by atoms with Crippen molar-refractivity contribution in [2.24, 2.45) is 0 Å². The van der Waals surface area contributed by atoms with Gasteiger partial charge in [-0.25, -0.2) is 14.2 Å². The van der Waals surface area contributed by atoms with Gasteiger partial charge in [0, 0.05) is 6.42 Å². The number of para-hydroxylation sites is 1. The summed E-state index contributed by atoms with van der Waals surface area (Å²) in [4.78, 5) is 27.4. The number of ether oxygens (including phenoxy) is 1. The van der Waals surface area contributed by atoms with Crippen molar-refractivity contribution in [1.29, 1.82) is 0 Å². The standard InChI is InChI=1S/C17H19FN2O4S/c1-10-15(17(22)23)25-16(20-10)11(2)19-14(21)8-5-9-24-13-7-4-3-6-12(13)18/h3-4,6-7,11H,5,8-9H2,1-2H3,(H,19,21)(H,22,23). The molecule has 0 radical (unpaired) electrons. The van der Waals surface area contributed by atoms with E-state index in [0.29, 0.717) is 17.1 Å². The fourth-order valence-corrected chi connectivity index (χ4v) is 3.06. The normalized spacial score (nSPS) is 11.8. The molecule has 1 unspecified atom stereocenters.